The van der Waals surface area contributed by atoms with E-state index in [1.165, 1.54) is 6.42 Å². The summed E-state index contributed by atoms with van der Waals surface area (Å²) in [5, 5.41) is 16.3. The second kappa shape index (κ2) is 5.67. The molecule has 0 amide bonds. The van der Waals surface area contributed by atoms with Crippen molar-refractivity contribution >= 4 is 23.5 Å². The van der Waals surface area contributed by atoms with Gasteiger partial charge in [0.25, 0.3) is 0 Å². The topological polar surface area (TPSA) is 83.0 Å². The van der Waals surface area contributed by atoms with Gasteiger partial charge in [-0.15, -0.1) is 0 Å². The van der Waals surface area contributed by atoms with Crippen LogP contribution in [0.1, 0.15) is 32.1 Å². The van der Waals surface area contributed by atoms with Gasteiger partial charge in [0.15, 0.2) is 0 Å². The molecule has 6 nitrogen and oxygen atoms in total. The predicted molar refractivity (Wildman–Crippen MR) is 70.9 cm³/mol. The second-order valence-electron chi connectivity index (χ2n) is 4.64. The second-order valence-corrected chi connectivity index (χ2v) is 4.98. The molecule has 1 heterocycles. The summed E-state index contributed by atoms with van der Waals surface area (Å²) < 4.78 is 0. The number of nitrogens with zero attached hydrogens (tertiary/aromatic N) is 3. The summed E-state index contributed by atoms with van der Waals surface area (Å²) in [5.74, 6) is 0.798. The van der Waals surface area contributed by atoms with E-state index in [1.807, 2.05) is 0 Å². The van der Waals surface area contributed by atoms with Crippen molar-refractivity contribution in [1.82, 2.24) is 15.0 Å². The average molecular weight is 272 g/mol. The first-order valence-corrected chi connectivity index (χ1v) is 6.55. The summed E-state index contributed by atoms with van der Waals surface area (Å²) in [4.78, 5) is 12.0. The van der Waals surface area contributed by atoms with Crippen LogP contribution in [0.15, 0.2) is 0 Å². The van der Waals surface area contributed by atoms with E-state index < -0.39 is 5.60 Å². The third-order valence-corrected chi connectivity index (χ3v) is 3.36. The molecule has 1 aromatic rings. The molecular formula is C11H18ClN5O. The molecule has 0 spiro atoms. The number of rotatable bonds is 4. The summed E-state index contributed by atoms with van der Waals surface area (Å²) in [6, 6.07) is 0. The molecule has 0 saturated heterocycles. The minimum absolute atomic E-state index is 0.132. The van der Waals surface area contributed by atoms with Crippen LogP contribution in [-0.4, -0.2) is 39.3 Å². The van der Waals surface area contributed by atoms with Crippen LogP contribution in [-0.2, 0) is 0 Å². The number of anilines is 2. The fraction of sp³-hybridized carbons (Fsp3) is 0.727. The molecule has 3 N–H and O–H groups in total. The number of halogens is 1. The number of hydrogen-bond donors (Lipinski definition) is 3. The van der Waals surface area contributed by atoms with E-state index in [0.29, 0.717) is 18.4 Å². The number of nitrogens with one attached hydrogen (secondary N) is 2. The molecule has 1 fully saturated rings. The lowest BCUT2D eigenvalue weighted by atomic mass is 9.85. The van der Waals surface area contributed by atoms with Crippen LogP contribution in [0.4, 0.5) is 11.9 Å². The highest BCUT2D eigenvalue weighted by Crippen LogP contribution is 2.28. The fourth-order valence-corrected chi connectivity index (χ4v) is 2.33. The molecule has 7 heteroatoms. The van der Waals surface area contributed by atoms with Crippen molar-refractivity contribution in [2.24, 2.45) is 0 Å². The van der Waals surface area contributed by atoms with E-state index in [0.717, 1.165) is 25.7 Å². The van der Waals surface area contributed by atoms with Crippen LogP contribution in [0.2, 0.25) is 5.28 Å². The average Bonchev–Trinajstić information content (AvgIpc) is 2.37. The highest BCUT2D eigenvalue weighted by molar-refractivity contribution is 6.28. The largest absolute Gasteiger partial charge is 0.388 e. The van der Waals surface area contributed by atoms with Crippen LogP contribution in [0.5, 0.6) is 0 Å². The molecule has 0 bridgehead atoms. The highest BCUT2D eigenvalue weighted by Gasteiger charge is 2.29. The summed E-state index contributed by atoms with van der Waals surface area (Å²) in [6.07, 6.45) is 4.97. The molecule has 0 radical (unpaired) electrons. The van der Waals surface area contributed by atoms with Gasteiger partial charge in [-0.3, -0.25) is 0 Å². The van der Waals surface area contributed by atoms with Gasteiger partial charge < -0.3 is 15.7 Å². The van der Waals surface area contributed by atoms with Crippen molar-refractivity contribution in [1.29, 1.82) is 0 Å². The Morgan fingerprint density at radius 3 is 2.50 bits per heavy atom. The monoisotopic (exact) mass is 271 g/mol. The van der Waals surface area contributed by atoms with Gasteiger partial charge in [0, 0.05) is 13.6 Å². The zero-order valence-electron chi connectivity index (χ0n) is 10.4. The highest BCUT2D eigenvalue weighted by atomic mass is 35.5. The van der Waals surface area contributed by atoms with E-state index in [2.05, 4.69) is 25.6 Å². The number of aliphatic hydroxyl groups is 1. The Balaban J connectivity index is 1.98. The van der Waals surface area contributed by atoms with Crippen LogP contribution in [0, 0.1) is 0 Å². The smallest absolute Gasteiger partial charge is 0.228 e. The molecule has 1 aromatic heterocycles. The van der Waals surface area contributed by atoms with Gasteiger partial charge in [-0.1, -0.05) is 19.3 Å². The Hall–Kier alpha value is -1.14. The molecule has 18 heavy (non-hydrogen) atoms. The van der Waals surface area contributed by atoms with Crippen LogP contribution in [0.3, 0.4) is 0 Å². The molecule has 100 valence electrons. The molecule has 2 rings (SSSR count). The molecular weight excluding hydrogens is 254 g/mol. The predicted octanol–water partition coefficient (Wildman–Crippen LogP) is 1.67. The van der Waals surface area contributed by atoms with Crippen molar-refractivity contribution in [3.63, 3.8) is 0 Å². The standard InChI is InChI=1S/C11H18ClN5O/c1-13-9-15-8(12)16-10(17-9)14-7-11(18)5-3-2-4-6-11/h18H,2-7H2,1H3,(H2,13,14,15,16,17). The van der Waals surface area contributed by atoms with E-state index in [-0.39, 0.29) is 5.28 Å². The minimum atomic E-state index is -0.656. The number of hydrogen-bond acceptors (Lipinski definition) is 6. The molecule has 1 aliphatic rings. The first kappa shape index (κ1) is 13.3. The van der Waals surface area contributed by atoms with Gasteiger partial charge in [0.1, 0.15) is 0 Å². The first-order chi connectivity index (χ1) is 8.61. The maximum atomic E-state index is 10.3. The normalized spacial score (nSPS) is 18.4. The van der Waals surface area contributed by atoms with Crippen molar-refractivity contribution in [2.45, 2.75) is 37.7 Å². The van der Waals surface area contributed by atoms with Crippen molar-refractivity contribution < 1.29 is 5.11 Å². The van der Waals surface area contributed by atoms with Gasteiger partial charge in [-0.05, 0) is 24.4 Å². The zero-order valence-corrected chi connectivity index (χ0v) is 11.2. The Morgan fingerprint density at radius 1 is 1.17 bits per heavy atom. The third-order valence-electron chi connectivity index (χ3n) is 3.19. The third kappa shape index (κ3) is 3.43. The molecule has 0 atom stereocenters. The van der Waals surface area contributed by atoms with Crippen molar-refractivity contribution in [3.05, 3.63) is 5.28 Å². The van der Waals surface area contributed by atoms with Gasteiger partial charge in [-0.2, -0.15) is 15.0 Å². The Morgan fingerprint density at radius 2 is 1.83 bits per heavy atom. The molecule has 0 aromatic carbocycles. The van der Waals surface area contributed by atoms with E-state index >= 15 is 0 Å². The quantitative estimate of drug-likeness (QED) is 0.773. The van der Waals surface area contributed by atoms with Gasteiger partial charge in [0.2, 0.25) is 17.2 Å². The summed E-state index contributed by atoms with van der Waals surface area (Å²) in [6.45, 7) is 0.441. The van der Waals surface area contributed by atoms with Crippen molar-refractivity contribution in [3.8, 4) is 0 Å². The lowest BCUT2D eigenvalue weighted by molar-refractivity contribution is 0.0166. The lowest BCUT2D eigenvalue weighted by Gasteiger charge is -2.32. The van der Waals surface area contributed by atoms with Crippen LogP contribution in [0.25, 0.3) is 0 Å². The Labute approximate surface area is 111 Å². The van der Waals surface area contributed by atoms with Gasteiger partial charge in [-0.25, -0.2) is 0 Å². The summed E-state index contributed by atoms with van der Waals surface area (Å²) >= 11 is 5.78. The zero-order chi connectivity index (χ0) is 13.0. The van der Waals surface area contributed by atoms with Crippen molar-refractivity contribution in [2.75, 3.05) is 24.2 Å². The Bertz CT molecular complexity index is 408. The molecule has 1 aliphatic carbocycles. The lowest BCUT2D eigenvalue weighted by Crippen LogP contribution is -2.39. The maximum Gasteiger partial charge on any atom is 0.228 e. The van der Waals surface area contributed by atoms with Gasteiger partial charge in [0.05, 0.1) is 5.60 Å². The fourth-order valence-electron chi connectivity index (χ4n) is 2.17. The van der Waals surface area contributed by atoms with Crippen LogP contribution < -0.4 is 10.6 Å². The van der Waals surface area contributed by atoms with Gasteiger partial charge >= 0.3 is 0 Å². The SMILES string of the molecule is CNc1nc(Cl)nc(NCC2(O)CCCCC2)n1. The van der Waals surface area contributed by atoms with E-state index in [9.17, 15) is 5.11 Å². The molecule has 0 unspecified atom stereocenters. The maximum absolute atomic E-state index is 10.3. The summed E-state index contributed by atoms with van der Waals surface area (Å²) in [7, 11) is 1.71. The van der Waals surface area contributed by atoms with Crippen LogP contribution >= 0.6 is 11.6 Å². The first-order valence-electron chi connectivity index (χ1n) is 6.17. The van der Waals surface area contributed by atoms with E-state index in [4.69, 9.17) is 11.6 Å². The van der Waals surface area contributed by atoms with E-state index in [1.54, 1.807) is 7.05 Å². The Kier molecular flexibility index (Phi) is 4.19. The molecule has 0 aliphatic heterocycles. The molecule has 1 saturated carbocycles. The minimum Gasteiger partial charge on any atom is -0.388 e. The summed E-state index contributed by atoms with van der Waals surface area (Å²) in [5.41, 5.74) is -0.656. The number of aromatic nitrogens is 3.